The smallest absolute Gasteiger partial charge is 0.410 e. The summed E-state index contributed by atoms with van der Waals surface area (Å²) in [5.74, 6) is 2.17. The first-order valence-electron chi connectivity index (χ1n) is 17.5. The van der Waals surface area contributed by atoms with E-state index in [1.54, 1.807) is 6.07 Å². The molecule has 1 saturated carbocycles. The van der Waals surface area contributed by atoms with Crippen molar-refractivity contribution in [3.63, 3.8) is 0 Å². The molecule has 4 aromatic rings. The van der Waals surface area contributed by atoms with Gasteiger partial charge in [0.15, 0.2) is 5.65 Å². The molecule has 2 saturated heterocycles. The molecular formula is C37H46N8O3. The summed E-state index contributed by atoms with van der Waals surface area (Å²) in [4.78, 5) is 32.4. The number of benzene rings is 1. The van der Waals surface area contributed by atoms with Crippen LogP contribution in [-0.2, 0) is 11.2 Å². The molecule has 4 aliphatic rings. The number of amides is 1. The van der Waals surface area contributed by atoms with Crippen LogP contribution in [-0.4, -0.2) is 91.0 Å². The minimum absolute atomic E-state index is 0.0592. The molecule has 1 amide bonds. The summed E-state index contributed by atoms with van der Waals surface area (Å²) in [5, 5.41) is 20.3. The molecule has 3 aromatic heterocycles. The number of phenols is 1. The van der Waals surface area contributed by atoms with Crippen LogP contribution in [0.25, 0.3) is 22.3 Å². The topological polar surface area (TPSA) is 124 Å². The highest BCUT2D eigenvalue weighted by Gasteiger charge is 2.54. The quantitative estimate of drug-likeness (QED) is 0.265. The van der Waals surface area contributed by atoms with E-state index >= 15 is 0 Å². The molecule has 1 spiro atoms. The second-order valence-corrected chi connectivity index (χ2v) is 15.6. The van der Waals surface area contributed by atoms with Gasteiger partial charge in [-0.25, -0.2) is 14.8 Å². The lowest BCUT2D eigenvalue weighted by Crippen LogP contribution is -2.65. The fraction of sp³-hybridized carbons (Fsp3) is 0.541. The maximum atomic E-state index is 12.3. The predicted molar refractivity (Wildman–Crippen MR) is 184 cm³/mol. The molecule has 0 radical (unpaired) electrons. The van der Waals surface area contributed by atoms with E-state index in [1.165, 1.54) is 36.2 Å². The number of H-pyrrole nitrogens is 1. The third kappa shape index (κ3) is 5.76. The standard InChI is InChI=1S/C37H46N8O3/c1-23-32-28-15-30(27-7-5-6-8-31(27)46)41-42-33(28)40-29(32)11-14-45(23)34-38-18-26(19-39-34)25-9-12-43(13-10-25)20-24-16-37(17-24)21-44(22-37)35(47)48-36(2,3)4/h5-8,15,18-19,23-25,46H,9-14,16-17,20-22H2,1-4H3,(H,40,42)/t23-/m1/s1. The van der Waals surface area contributed by atoms with Crippen molar-refractivity contribution in [1.29, 1.82) is 0 Å². The maximum absolute atomic E-state index is 12.3. The van der Waals surface area contributed by atoms with E-state index in [0.717, 1.165) is 74.9 Å². The SMILES string of the molecule is C[C@@H]1c2c([nH]c3nnc(-c4ccccc4O)cc23)CCN1c1ncc(C2CCN(CC3CC4(C3)CN(C(=O)OC(C)(C)C)C4)CC2)cn1. The van der Waals surface area contributed by atoms with Gasteiger partial charge >= 0.3 is 6.09 Å². The van der Waals surface area contributed by atoms with Crippen LogP contribution in [0.4, 0.5) is 10.7 Å². The first kappa shape index (κ1) is 31.0. The average molecular weight is 651 g/mol. The number of piperidine rings is 1. The van der Waals surface area contributed by atoms with E-state index in [9.17, 15) is 9.90 Å². The number of anilines is 1. The third-order valence-corrected chi connectivity index (χ3v) is 11.0. The number of aromatic amines is 1. The molecular weight excluding hydrogens is 604 g/mol. The number of phenolic OH excluding ortho intramolecular Hbond substituents is 1. The minimum Gasteiger partial charge on any atom is -0.507 e. The third-order valence-electron chi connectivity index (χ3n) is 11.0. The van der Waals surface area contributed by atoms with Crippen LogP contribution in [0.15, 0.2) is 42.7 Å². The van der Waals surface area contributed by atoms with Gasteiger partial charge in [-0.1, -0.05) is 12.1 Å². The minimum atomic E-state index is -0.435. The van der Waals surface area contributed by atoms with E-state index in [-0.39, 0.29) is 17.9 Å². The number of carbonyl (C=O) groups excluding carboxylic acids is 1. The number of nitrogens with one attached hydrogen (secondary N) is 1. The number of hydrogen-bond acceptors (Lipinski definition) is 9. The number of ether oxygens (including phenoxy) is 1. The summed E-state index contributed by atoms with van der Waals surface area (Å²) < 4.78 is 5.54. The summed E-state index contributed by atoms with van der Waals surface area (Å²) in [6.07, 6.45) is 9.48. The van der Waals surface area contributed by atoms with E-state index in [1.807, 2.05) is 62.3 Å². The Hall–Kier alpha value is -4.25. The van der Waals surface area contributed by atoms with E-state index in [4.69, 9.17) is 14.7 Å². The molecule has 1 aromatic carbocycles. The molecule has 1 aliphatic carbocycles. The van der Waals surface area contributed by atoms with Gasteiger partial charge in [0.05, 0.1) is 11.7 Å². The van der Waals surface area contributed by atoms with Crippen molar-refractivity contribution >= 4 is 23.1 Å². The lowest BCUT2D eigenvalue weighted by Gasteiger charge is -2.59. The highest BCUT2D eigenvalue weighted by atomic mass is 16.6. The molecule has 2 N–H and O–H groups in total. The van der Waals surface area contributed by atoms with Gasteiger partial charge < -0.3 is 29.5 Å². The summed E-state index contributed by atoms with van der Waals surface area (Å²) in [7, 11) is 0. The van der Waals surface area contributed by atoms with Gasteiger partial charge in [-0.05, 0) is 102 Å². The fourth-order valence-electron chi connectivity index (χ4n) is 8.69. The predicted octanol–water partition coefficient (Wildman–Crippen LogP) is 6.07. The second kappa shape index (κ2) is 11.7. The zero-order chi connectivity index (χ0) is 33.2. The van der Waals surface area contributed by atoms with Gasteiger partial charge in [0, 0.05) is 72.6 Å². The number of rotatable bonds is 5. The summed E-state index contributed by atoms with van der Waals surface area (Å²) in [6.45, 7) is 13.9. The largest absolute Gasteiger partial charge is 0.507 e. The van der Waals surface area contributed by atoms with Gasteiger partial charge in [-0.2, -0.15) is 0 Å². The Kier molecular flexibility index (Phi) is 7.58. The van der Waals surface area contributed by atoms with Crippen molar-refractivity contribution in [2.75, 3.05) is 44.2 Å². The van der Waals surface area contributed by atoms with Crippen molar-refractivity contribution in [3.05, 3.63) is 59.5 Å². The first-order chi connectivity index (χ1) is 23.0. The molecule has 3 fully saturated rings. The summed E-state index contributed by atoms with van der Waals surface area (Å²) in [5.41, 5.74) is 5.59. The number of para-hydroxylation sites is 1. The highest BCUT2D eigenvalue weighted by molar-refractivity contribution is 5.86. The lowest BCUT2D eigenvalue weighted by atomic mass is 9.57. The van der Waals surface area contributed by atoms with Crippen LogP contribution in [0.3, 0.4) is 0 Å². The van der Waals surface area contributed by atoms with Crippen LogP contribution >= 0.6 is 0 Å². The van der Waals surface area contributed by atoms with E-state index in [0.29, 0.717) is 22.6 Å². The molecule has 11 heteroatoms. The zero-order valence-electron chi connectivity index (χ0n) is 28.4. The fourth-order valence-corrected chi connectivity index (χ4v) is 8.69. The molecule has 1 atom stereocenters. The van der Waals surface area contributed by atoms with Gasteiger partial charge in [0.25, 0.3) is 0 Å². The molecule has 0 unspecified atom stereocenters. The Balaban J connectivity index is 0.854. The number of likely N-dealkylation sites (tertiary alicyclic amines) is 2. The zero-order valence-corrected chi connectivity index (χ0v) is 28.4. The average Bonchev–Trinajstić information content (AvgIpc) is 3.40. The maximum Gasteiger partial charge on any atom is 0.410 e. The van der Waals surface area contributed by atoms with E-state index in [2.05, 4.69) is 31.9 Å². The second-order valence-electron chi connectivity index (χ2n) is 15.6. The molecule has 6 heterocycles. The number of aromatic nitrogens is 5. The monoisotopic (exact) mass is 650 g/mol. The summed E-state index contributed by atoms with van der Waals surface area (Å²) in [6, 6.07) is 9.32. The lowest BCUT2D eigenvalue weighted by molar-refractivity contribution is -0.101. The Morgan fingerprint density at radius 1 is 1.06 bits per heavy atom. The van der Waals surface area contributed by atoms with Gasteiger partial charge in [-0.3, -0.25) is 0 Å². The Bertz CT molecular complexity index is 1810. The normalized spacial score (nSPS) is 21.6. The molecule has 3 aliphatic heterocycles. The van der Waals surface area contributed by atoms with Gasteiger partial charge in [0.2, 0.25) is 5.95 Å². The van der Waals surface area contributed by atoms with Gasteiger partial charge in [0.1, 0.15) is 11.4 Å². The highest BCUT2D eigenvalue weighted by Crippen LogP contribution is 2.52. The molecule has 252 valence electrons. The van der Waals surface area contributed by atoms with Crippen LogP contribution in [0.5, 0.6) is 5.75 Å². The van der Waals surface area contributed by atoms with Crippen LogP contribution in [0.2, 0.25) is 0 Å². The van der Waals surface area contributed by atoms with Crippen molar-refractivity contribution in [2.24, 2.45) is 11.3 Å². The molecule has 8 rings (SSSR count). The summed E-state index contributed by atoms with van der Waals surface area (Å²) >= 11 is 0. The van der Waals surface area contributed by atoms with Crippen LogP contribution in [0.1, 0.15) is 82.2 Å². The van der Waals surface area contributed by atoms with E-state index < -0.39 is 5.60 Å². The molecule has 48 heavy (non-hydrogen) atoms. The van der Waals surface area contributed by atoms with Gasteiger partial charge in [-0.15, -0.1) is 10.2 Å². The Morgan fingerprint density at radius 2 is 1.79 bits per heavy atom. The van der Waals surface area contributed by atoms with Crippen LogP contribution in [0, 0.1) is 11.3 Å². The van der Waals surface area contributed by atoms with Crippen molar-refractivity contribution in [1.82, 2.24) is 34.9 Å². The van der Waals surface area contributed by atoms with Crippen LogP contribution < -0.4 is 4.90 Å². The van der Waals surface area contributed by atoms with Crippen molar-refractivity contribution in [3.8, 4) is 17.0 Å². The van der Waals surface area contributed by atoms with Crippen molar-refractivity contribution in [2.45, 2.75) is 77.4 Å². The number of hydrogen-bond donors (Lipinski definition) is 2. The Labute approximate surface area is 281 Å². The Morgan fingerprint density at radius 3 is 2.50 bits per heavy atom. The molecule has 11 nitrogen and oxygen atoms in total. The number of nitrogens with zero attached hydrogens (tertiary/aromatic N) is 7. The molecule has 0 bridgehead atoms. The number of aromatic hydroxyl groups is 1. The number of fused-ring (bicyclic) bond motifs is 3. The first-order valence-corrected chi connectivity index (χ1v) is 17.5. The van der Waals surface area contributed by atoms with Crippen molar-refractivity contribution < 1.29 is 14.6 Å². The number of carbonyl (C=O) groups is 1.